The van der Waals surface area contributed by atoms with Crippen LogP contribution in [-0.4, -0.2) is 25.5 Å². The zero-order valence-corrected chi connectivity index (χ0v) is 26.4. The van der Waals surface area contributed by atoms with Gasteiger partial charge >= 0.3 is 0 Å². The summed E-state index contributed by atoms with van der Waals surface area (Å²) in [4.78, 5) is 28.6. The second-order valence-electron chi connectivity index (χ2n) is 11.6. The fraction of sp³-hybridized carbons (Fsp3) is 0.200. The first kappa shape index (κ1) is 32.0. The van der Waals surface area contributed by atoms with Crippen LogP contribution in [0.3, 0.4) is 0 Å². The Balaban J connectivity index is 1.55. The minimum Gasteiger partial charge on any atom is -0.493 e. The molecule has 0 radical (unpaired) electrons. The molecule has 0 aliphatic heterocycles. The quantitative estimate of drug-likeness (QED) is 0.134. The van der Waals surface area contributed by atoms with E-state index in [-0.39, 0.29) is 11.8 Å². The standard InChI is InChI=1S/C40H40N2O4/c1-28(2)27-46-35-26-33(24-25-34(35)45-3)38(41-39(43)36(29-16-8-4-9-17-29)30-18-10-5-11-19-30)42-40(44)37(31-20-12-6-13-21-31)32-22-14-7-15-23-32/h4-26,28,36-38H,27H2,1-3H3,(H,41,43)(H,42,44). The molecule has 0 aromatic heterocycles. The molecule has 5 rings (SSSR count). The Labute approximate surface area is 271 Å². The highest BCUT2D eigenvalue weighted by molar-refractivity contribution is 5.90. The molecule has 2 N–H and O–H groups in total. The van der Waals surface area contributed by atoms with Crippen LogP contribution in [0.1, 0.15) is 59.7 Å². The van der Waals surface area contributed by atoms with E-state index in [4.69, 9.17) is 9.47 Å². The molecule has 0 saturated heterocycles. The van der Waals surface area contributed by atoms with Crippen molar-refractivity contribution >= 4 is 11.8 Å². The minimum absolute atomic E-state index is 0.251. The molecular weight excluding hydrogens is 572 g/mol. The lowest BCUT2D eigenvalue weighted by molar-refractivity contribution is -0.125. The van der Waals surface area contributed by atoms with E-state index < -0.39 is 18.0 Å². The van der Waals surface area contributed by atoms with Crippen molar-refractivity contribution in [1.82, 2.24) is 10.6 Å². The summed E-state index contributed by atoms with van der Waals surface area (Å²) in [5.74, 6) is -0.311. The number of nitrogens with one attached hydrogen (secondary N) is 2. The Morgan fingerprint density at radius 1 is 0.543 bits per heavy atom. The van der Waals surface area contributed by atoms with Crippen LogP contribution in [0.2, 0.25) is 0 Å². The zero-order valence-electron chi connectivity index (χ0n) is 26.4. The highest BCUT2D eigenvalue weighted by Crippen LogP contribution is 2.33. The Morgan fingerprint density at radius 2 is 0.935 bits per heavy atom. The van der Waals surface area contributed by atoms with Gasteiger partial charge in [0.15, 0.2) is 11.5 Å². The van der Waals surface area contributed by atoms with Gasteiger partial charge in [0.05, 0.1) is 25.6 Å². The molecule has 0 aliphatic carbocycles. The summed E-state index contributed by atoms with van der Waals surface area (Å²) in [6.45, 7) is 4.62. The van der Waals surface area contributed by atoms with Crippen LogP contribution in [0.15, 0.2) is 140 Å². The van der Waals surface area contributed by atoms with Gasteiger partial charge in [0.2, 0.25) is 11.8 Å². The van der Waals surface area contributed by atoms with Gasteiger partial charge in [-0.1, -0.05) is 141 Å². The predicted octanol–water partition coefficient (Wildman–Crippen LogP) is 7.63. The summed E-state index contributed by atoms with van der Waals surface area (Å²) in [7, 11) is 1.59. The molecule has 234 valence electrons. The summed E-state index contributed by atoms with van der Waals surface area (Å²) in [6.07, 6.45) is -0.878. The number of benzene rings is 5. The molecule has 6 heteroatoms. The molecule has 0 spiro atoms. The SMILES string of the molecule is COc1ccc(C(NC(=O)C(c2ccccc2)c2ccccc2)NC(=O)C(c2ccccc2)c2ccccc2)cc1OCC(C)C. The molecule has 2 amide bonds. The lowest BCUT2D eigenvalue weighted by atomic mass is 9.89. The highest BCUT2D eigenvalue weighted by Gasteiger charge is 2.30. The maximum atomic E-state index is 14.3. The third-order valence-corrected chi connectivity index (χ3v) is 7.72. The molecule has 0 unspecified atom stereocenters. The second-order valence-corrected chi connectivity index (χ2v) is 11.6. The van der Waals surface area contributed by atoms with E-state index in [9.17, 15) is 9.59 Å². The molecule has 0 fully saturated rings. The molecule has 0 atom stereocenters. The van der Waals surface area contributed by atoms with E-state index in [0.29, 0.717) is 29.6 Å². The van der Waals surface area contributed by atoms with Gasteiger partial charge in [-0.05, 0) is 45.9 Å². The lowest BCUT2D eigenvalue weighted by Crippen LogP contribution is -2.44. The molecule has 0 saturated carbocycles. The summed E-state index contributed by atoms with van der Waals surface area (Å²) in [5.41, 5.74) is 4.04. The first-order valence-electron chi connectivity index (χ1n) is 15.6. The molecule has 46 heavy (non-hydrogen) atoms. The van der Waals surface area contributed by atoms with Crippen molar-refractivity contribution in [3.05, 3.63) is 167 Å². The minimum atomic E-state index is -0.878. The average molecular weight is 613 g/mol. The van der Waals surface area contributed by atoms with Gasteiger partial charge in [-0.25, -0.2) is 0 Å². The fourth-order valence-electron chi connectivity index (χ4n) is 5.47. The number of hydrogen-bond donors (Lipinski definition) is 2. The molecule has 0 bridgehead atoms. The van der Waals surface area contributed by atoms with Crippen LogP contribution in [0.5, 0.6) is 11.5 Å². The molecular formula is C40H40N2O4. The first-order chi connectivity index (χ1) is 22.4. The van der Waals surface area contributed by atoms with Crippen molar-refractivity contribution in [3.63, 3.8) is 0 Å². The van der Waals surface area contributed by atoms with Gasteiger partial charge in [-0.15, -0.1) is 0 Å². The Hall–Kier alpha value is -5.36. The largest absolute Gasteiger partial charge is 0.493 e. The maximum absolute atomic E-state index is 14.3. The average Bonchev–Trinajstić information content (AvgIpc) is 3.09. The number of rotatable bonds is 13. The Morgan fingerprint density at radius 3 is 1.28 bits per heavy atom. The van der Waals surface area contributed by atoms with Gasteiger partial charge in [-0.2, -0.15) is 0 Å². The summed E-state index contributed by atoms with van der Waals surface area (Å²) in [5, 5.41) is 6.36. The third kappa shape index (κ3) is 8.02. The van der Waals surface area contributed by atoms with E-state index in [2.05, 4.69) is 24.5 Å². The number of methoxy groups -OCH3 is 1. The van der Waals surface area contributed by atoms with Crippen LogP contribution in [0, 0.1) is 5.92 Å². The second kappa shape index (κ2) is 15.6. The van der Waals surface area contributed by atoms with Gasteiger partial charge in [0.1, 0.15) is 6.17 Å². The number of amides is 2. The number of hydrogen-bond acceptors (Lipinski definition) is 4. The van der Waals surface area contributed by atoms with Gasteiger partial charge in [0, 0.05) is 0 Å². The lowest BCUT2D eigenvalue weighted by Gasteiger charge is -2.27. The predicted molar refractivity (Wildman–Crippen MR) is 182 cm³/mol. The Bertz CT molecular complexity index is 1520. The van der Waals surface area contributed by atoms with Crippen molar-refractivity contribution in [3.8, 4) is 11.5 Å². The topological polar surface area (TPSA) is 76.7 Å². The number of carbonyl (C=O) groups excluding carboxylic acids is 2. The summed E-state index contributed by atoms with van der Waals surface area (Å²) >= 11 is 0. The van der Waals surface area contributed by atoms with E-state index in [1.54, 1.807) is 13.2 Å². The van der Waals surface area contributed by atoms with Crippen LogP contribution in [0.4, 0.5) is 0 Å². The van der Waals surface area contributed by atoms with Gasteiger partial charge < -0.3 is 20.1 Å². The first-order valence-corrected chi connectivity index (χ1v) is 15.6. The van der Waals surface area contributed by atoms with E-state index in [1.807, 2.05) is 133 Å². The zero-order chi connectivity index (χ0) is 32.3. The van der Waals surface area contributed by atoms with E-state index >= 15 is 0 Å². The molecule has 5 aromatic rings. The summed E-state index contributed by atoms with van der Waals surface area (Å²) < 4.78 is 11.7. The molecule has 0 heterocycles. The summed E-state index contributed by atoms with van der Waals surface area (Å²) in [6, 6.07) is 44.1. The number of ether oxygens (including phenoxy) is 2. The van der Waals surface area contributed by atoms with Crippen molar-refractivity contribution in [2.75, 3.05) is 13.7 Å². The smallest absolute Gasteiger partial charge is 0.233 e. The molecule has 5 aromatic carbocycles. The normalized spacial score (nSPS) is 11.1. The van der Waals surface area contributed by atoms with Crippen LogP contribution in [-0.2, 0) is 9.59 Å². The van der Waals surface area contributed by atoms with Crippen LogP contribution in [0.25, 0.3) is 0 Å². The van der Waals surface area contributed by atoms with Crippen molar-refractivity contribution in [2.24, 2.45) is 5.92 Å². The van der Waals surface area contributed by atoms with Crippen LogP contribution < -0.4 is 20.1 Å². The van der Waals surface area contributed by atoms with Gasteiger partial charge in [-0.3, -0.25) is 9.59 Å². The van der Waals surface area contributed by atoms with Crippen molar-refractivity contribution < 1.29 is 19.1 Å². The third-order valence-electron chi connectivity index (χ3n) is 7.72. The maximum Gasteiger partial charge on any atom is 0.233 e. The monoisotopic (exact) mass is 612 g/mol. The van der Waals surface area contributed by atoms with Crippen molar-refractivity contribution in [2.45, 2.75) is 31.8 Å². The molecule has 0 aliphatic rings. The molecule has 6 nitrogen and oxygen atoms in total. The van der Waals surface area contributed by atoms with Gasteiger partial charge in [0.25, 0.3) is 0 Å². The van der Waals surface area contributed by atoms with E-state index in [1.165, 1.54) is 0 Å². The Kier molecular flexibility index (Phi) is 10.9. The van der Waals surface area contributed by atoms with Crippen LogP contribution >= 0.6 is 0 Å². The van der Waals surface area contributed by atoms with Crippen molar-refractivity contribution in [1.29, 1.82) is 0 Å². The van der Waals surface area contributed by atoms with E-state index in [0.717, 1.165) is 22.3 Å². The highest BCUT2D eigenvalue weighted by atomic mass is 16.5. The fourth-order valence-corrected chi connectivity index (χ4v) is 5.47. The number of carbonyl (C=O) groups is 2.